The van der Waals surface area contributed by atoms with Crippen molar-refractivity contribution in [3.8, 4) is 11.1 Å². The van der Waals surface area contributed by atoms with E-state index in [1.165, 1.54) is 0 Å². The molecule has 1 fully saturated rings. The van der Waals surface area contributed by atoms with Gasteiger partial charge in [0.2, 0.25) is 0 Å². The zero-order valence-electron chi connectivity index (χ0n) is 14.6. The van der Waals surface area contributed by atoms with E-state index in [4.69, 9.17) is 4.74 Å². The number of aliphatic hydroxyl groups is 1. The number of ether oxygens (including phenoxy) is 1. The molecule has 1 atom stereocenters. The van der Waals surface area contributed by atoms with Crippen LogP contribution in [0.1, 0.15) is 35.7 Å². The van der Waals surface area contributed by atoms with Crippen LogP contribution in [0.3, 0.4) is 0 Å². The monoisotopic (exact) mass is 339 g/mol. The summed E-state index contributed by atoms with van der Waals surface area (Å²) in [6, 6.07) is 15.6. The van der Waals surface area contributed by atoms with Gasteiger partial charge in [0, 0.05) is 12.1 Å². The zero-order valence-corrected chi connectivity index (χ0v) is 14.6. The van der Waals surface area contributed by atoms with E-state index in [9.17, 15) is 9.90 Å². The molecule has 25 heavy (non-hydrogen) atoms. The highest BCUT2D eigenvalue weighted by Crippen LogP contribution is 2.25. The van der Waals surface area contributed by atoms with Gasteiger partial charge in [-0.15, -0.1) is 0 Å². The minimum atomic E-state index is 0.00330. The van der Waals surface area contributed by atoms with Crippen molar-refractivity contribution < 1.29 is 14.6 Å². The van der Waals surface area contributed by atoms with Gasteiger partial charge in [0.1, 0.15) is 0 Å². The summed E-state index contributed by atoms with van der Waals surface area (Å²) < 4.78 is 5.54. The first kappa shape index (κ1) is 17.6. The number of hydrogen-bond donors (Lipinski definition) is 1. The van der Waals surface area contributed by atoms with Gasteiger partial charge in [-0.25, -0.2) is 0 Å². The summed E-state index contributed by atoms with van der Waals surface area (Å²) >= 11 is 0. The summed E-state index contributed by atoms with van der Waals surface area (Å²) in [5, 5.41) is 9.50. The SMILES string of the molecule is CCC[C@@H]1COCCN1C(=O)c1ccc(-c2ccccc2CO)cc1. The van der Waals surface area contributed by atoms with E-state index in [0.717, 1.165) is 29.5 Å². The Labute approximate surface area is 149 Å². The Bertz CT molecular complexity index is 709. The van der Waals surface area contributed by atoms with Crippen LogP contribution in [0.2, 0.25) is 0 Å². The number of carbonyl (C=O) groups excluding carboxylic acids is 1. The van der Waals surface area contributed by atoms with Crippen LogP contribution in [-0.2, 0) is 11.3 Å². The van der Waals surface area contributed by atoms with Gasteiger partial charge in [0.05, 0.1) is 25.9 Å². The molecule has 1 aliphatic rings. The molecule has 0 aliphatic carbocycles. The molecule has 0 unspecified atom stereocenters. The first-order valence-electron chi connectivity index (χ1n) is 8.92. The van der Waals surface area contributed by atoms with E-state index in [1.807, 2.05) is 53.4 Å². The number of rotatable bonds is 5. The largest absolute Gasteiger partial charge is 0.392 e. The second-order valence-corrected chi connectivity index (χ2v) is 6.41. The van der Waals surface area contributed by atoms with E-state index >= 15 is 0 Å². The third kappa shape index (κ3) is 3.91. The Morgan fingerprint density at radius 2 is 1.96 bits per heavy atom. The summed E-state index contributed by atoms with van der Waals surface area (Å²) in [5.74, 6) is 0.0729. The number of benzene rings is 2. The van der Waals surface area contributed by atoms with E-state index in [1.54, 1.807) is 0 Å². The van der Waals surface area contributed by atoms with Gasteiger partial charge in [-0.05, 0) is 35.2 Å². The fourth-order valence-electron chi connectivity index (χ4n) is 3.39. The predicted octanol–water partition coefficient (Wildman–Crippen LogP) is 3.49. The van der Waals surface area contributed by atoms with Crippen molar-refractivity contribution in [2.75, 3.05) is 19.8 Å². The predicted molar refractivity (Wildman–Crippen MR) is 98.4 cm³/mol. The van der Waals surface area contributed by atoms with Crippen LogP contribution in [0, 0.1) is 0 Å². The molecule has 1 heterocycles. The molecular formula is C21H25NO3. The molecule has 2 aromatic carbocycles. The Morgan fingerprint density at radius 1 is 1.20 bits per heavy atom. The number of morpholine rings is 1. The van der Waals surface area contributed by atoms with Crippen molar-refractivity contribution in [2.24, 2.45) is 0 Å². The van der Waals surface area contributed by atoms with Crippen molar-refractivity contribution in [2.45, 2.75) is 32.4 Å². The van der Waals surface area contributed by atoms with Gasteiger partial charge in [0.15, 0.2) is 0 Å². The van der Waals surface area contributed by atoms with Crippen molar-refractivity contribution in [1.29, 1.82) is 0 Å². The highest BCUT2D eigenvalue weighted by Gasteiger charge is 2.27. The zero-order chi connectivity index (χ0) is 17.6. The molecular weight excluding hydrogens is 314 g/mol. The Hall–Kier alpha value is -2.17. The number of hydrogen-bond acceptors (Lipinski definition) is 3. The van der Waals surface area contributed by atoms with Crippen LogP contribution in [0.4, 0.5) is 0 Å². The lowest BCUT2D eigenvalue weighted by Crippen LogP contribution is -2.48. The van der Waals surface area contributed by atoms with Crippen molar-refractivity contribution >= 4 is 5.91 Å². The number of carbonyl (C=O) groups is 1. The first-order chi connectivity index (χ1) is 12.2. The maximum absolute atomic E-state index is 12.9. The highest BCUT2D eigenvalue weighted by atomic mass is 16.5. The molecule has 2 aromatic rings. The molecule has 1 saturated heterocycles. The molecule has 0 bridgehead atoms. The van der Waals surface area contributed by atoms with E-state index in [0.29, 0.717) is 25.3 Å². The molecule has 0 spiro atoms. The molecule has 0 aromatic heterocycles. The number of amides is 1. The van der Waals surface area contributed by atoms with Gasteiger partial charge < -0.3 is 14.7 Å². The lowest BCUT2D eigenvalue weighted by molar-refractivity contribution is -0.00433. The van der Waals surface area contributed by atoms with E-state index in [-0.39, 0.29) is 18.6 Å². The van der Waals surface area contributed by atoms with Gasteiger partial charge in [-0.2, -0.15) is 0 Å². The number of nitrogens with zero attached hydrogens (tertiary/aromatic N) is 1. The molecule has 4 nitrogen and oxygen atoms in total. The third-order valence-corrected chi connectivity index (χ3v) is 4.74. The van der Waals surface area contributed by atoms with Gasteiger partial charge in [0.25, 0.3) is 5.91 Å². The lowest BCUT2D eigenvalue weighted by Gasteiger charge is -2.35. The highest BCUT2D eigenvalue weighted by molar-refractivity contribution is 5.95. The Balaban J connectivity index is 1.80. The van der Waals surface area contributed by atoms with E-state index in [2.05, 4.69) is 6.92 Å². The second kappa shape index (κ2) is 8.28. The quantitative estimate of drug-likeness (QED) is 0.907. The maximum Gasteiger partial charge on any atom is 0.254 e. The minimum absolute atomic E-state index is 0.00330. The summed E-state index contributed by atoms with van der Waals surface area (Å²) in [7, 11) is 0. The molecule has 1 amide bonds. The maximum atomic E-state index is 12.9. The van der Waals surface area contributed by atoms with Crippen LogP contribution in [0.15, 0.2) is 48.5 Å². The average molecular weight is 339 g/mol. The molecule has 0 saturated carbocycles. The number of aliphatic hydroxyl groups excluding tert-OH is 1. The second-order valence-electron chi connectivity index (χ2n) is 6.41. The summed E-state index contributed by atoms with van der Waals surface area (Å²) in [4.78, 5) is 14.8. The fraction of sp³-hybridized carbons (Fsp3) is 0.381. The Kier molecular flexibility index (Phi) is 5.84. The van der Waals surface area contributed by atoms with Crippen LogP contribution in [0.5, 0.6) is 0 Å². The van der Waals surface area contributed by atoms with Crippen LogP contribution < -0.4 is 0 Å². The van der Waals surface area contributed by atoms with Gasteiger partial charge >= 0.3 is 0 Å². The minimum Gasteiger partial charge on any atom is -0.392 e. The smallest absolute Gasteiger partial charge is 0.254 e. The van der Waals surface area contributed by atoms with Crippen molar-refractivity contribution in [1.82, 2.24) is 4.90 Å². The molecule has 4 heteroatoms. The van der Waals surface area contributed by atoms with Crippen molar-refractivity contribution in [3.05, 3.63) is 59.7 Å². The normalized spacial score (nSPS) is 17.5. The third-order valence-electron chi connectivity index (χ3n) is 4.74. The topological polar surface area (TPSA) is 49.8 Å². The molecule has 0 radical (unpaired) electrons. The Morgan fingerprint density at radius 3 is 2.68 bits per heavy atom. The van der Waals surface area contributed by atoms with E-state index < -0.39 is 0 Å². The van der Waals surface area contributed by atoms with Crippen LogP contribution >= 0.6 is 0 Å². The molecule has 1 aliphatic heterocycles. The van der Waals surface area contributed by atoms with Crippen molar-refractivity contribution in [3.63, 3.8) is 0 Å². The molecule has 3 rings (SSSR count). The lowest BCUT2D eigenvalue weighted by atomic mass is 9.98. The first-order valence-corrected chi connectivity index (χ1v) is 8.92. The molecule has 132 valence electrons. The summed E-state index contributed by atoms with van der Waals surface area (Å²) in [5.41, 5.74) is 3.60. The average Bonchev–Trinajstić information content (AvgIpc) is 2.68. The fourth-order valence-corrected chi connectivity index (χ4v) is 3.39. The van der Waals surface area contributed by atoms with Crippen LogP contribution in [-0.4, -0.2) is 41.7 Å². The standard InChI is InChI=1S/C21H25NO3/c1-2-5-19-15-25-13-12-22(19)21(24)17-10-8-16(9-11-17)20-7-4-3-6-18(20)14-23/h3-4,6-11,19,23H,2,5,12-15H2,1H3/t19-/m1/s1. The van der Waals surface area contributed by atoms with Gasteiger partial charge in [-0.1, -0.05) is 49.7 Å². The molecule has 1 N–H and O–H groups in total. The van der Waals surface area contributed by atoms with Crippen LogP contribution in [0.25, 0.3) is 11.1 Å². The van der Waals surface area contributed by atoms with Gasteiger partial charge in [-0.3, -0.25) is 4.79 Å². The summed E-state index contributed by atoms with van der Waals surface area (Å²) in [6.45, 7) is 4.02. The summed E-state index contributed by atoms with van der Waals surface area (Å²) in [6.07, 6.45) is 2.00.